The molecule has 35 heavy (non-hydrogen) atoms. The normalized spacial score (nSPS) is 16.0. The Morgan fingerprint density at radius 3 is 2.71 bits per heavy atom. The van der Waals surface area contributed by atoms with Crippen LogP contribution in [0.2, 0.25) is 0 Å². The minimum absolute atomic E-state index is 0.0299. The van der Waals surface area contributed by atoms with Crippen LogP contribution < -0.4 is 10.1 Å². The number of aromatic nitrogens is 4. The molecule has 0 spiro atoms. The monoisotopic (exact) mass is 532 g/mol. The lowest BCUT2D eigenvalue weighted by atomic mass is 10.1. The van der Waals surface area contributed by atoms with Gasteiger partial charge < -0.3 is 15.0 Å². The van der Waals surface area contributed by atoms with Crippen LogP contribution in [0, 0.1) is 0 Å². The van der Waals surface area contributed by atoms with Crippen molar-refractivity contribution in [1.29, 1.82) is 0 Å². The average Bonchev–Trinajstić information content (AvgIpc) is 3.34. The van der Waals surface area contributed by atoms with Crippen LogP contribution in [0.5, 0.6) is 11.5 Å². The first kappa shape index (κ1) is 23.0. The van der Waals surface area contributed by atoms with Crippen molar-refractivity contribution in [2.75, 3.05) is 23.7 Å². The van der Waals surface area contributed by atoms with Crippen molar-refractivity contribution in [3.63, 3.8) is 0 Å². The maximum Gasteiger partial charge on any atom is 0.246 e. The summed E-state index contributed by atoms with van der Waals surface area (Å²) in [4.78, 5) is 23.3. The summed E-state index contributed by atoms with van der Waals surface area (Å²) in [5.74, 6) is 2.26. The molecular formula is C26H25BrN6O2. The zero-order chi connectivity index (χ0) is 24.0. The molecule has 8 nitrogen and oxygen atoms in total. The number of allylic oxidation sites excluding steroid dienone is 1. The fourth-order valence-electron chi connectivity index (χ4n) is 4.20. The summed E-state index contributed by atoms with van der Waals surface area (Å²) < 4.78 is 7.79. The minimum Gasteiger partial charge on any atom is -0.457 e. The Kier molecular flexibility index (Phi) is 7.04. The van der Waals surface area contributed by atoms with E-state index in [-0.39, 0.29) is 11.9 Å². The molecule has 178 valence electrons. The van der Waals surface area contributed by atoms with Crippen molar-refractivity contribution in [3.05, 3.63) is 79.3 Å². The van der Waals surface area contributed by atoms with Crippen LogP contribution in [0.25, 0.3) is 11.0 Å². The SMILES string of the molecule is O=C(/C=C/CBr)N1CCC[C@@H](n2ncc3c(Nc4ccc(Oc5ccccc5)cc4)ncnc32)C1. The van der Waals surface area contributed by atoms with Crippen molar-refractivity contribution in [3.8, 4) is 11.5 Å². The van der Waals surface area contributed by atoms with Crippen molar-refractivity contribution in [2.24, 2.45) is 0 Å². The second-order valence-corrected chi connectivity index (χ2v) is 8.90. The zero-order valence-corrected chi connectivity index (χ0v) is 20.6. The maximum absolute atomic E-state index is 12.5. The van der Waals surface area contributed by atoms with Crippen LogP contribution in [-0.4, -0.2) is 49.0 Å². The molecule has 1 amide bonds. The number of ether oxygens (including phenoxy) is 1. The number of anilines is 2. The highest BCUT2D eigenvalue weighted by Crippen LogP contribution is 2.29. The highest BCUT2D eigenvalue weighted by Gasteiger charge is 2.26. The van der Waals surface area contributed by atoms with Gasteiger partial charge in [-0.05, 0) is 55.3 Å². The van der Waals surface area contributed by atoms with Crippen LogP contribution in [0.1, 0.15) is 18.9 Å². The second-order valence-electron chi connectivity index (χ2n) is 8.25. The van der Waals surface area contributed by atoms with Gasteiger partial charge in [-0.3, -0.25) is 4.79 Å². The number of hydrogen-bond donors (Lipinski definition) is 1. The third kappa shape index (κ3) is 5.35. The van der Waals surface area contributed by atoms with Crippen molar-refractivity contribution in [1.82, 2.24) is 24.6 Å². The van der Waals surface area contributed by atoms with E-state index in [0.717, 1.165) is 47.6 Å². The summed E-state index contributed by atoms with van der Waals surface area (Å²) in [5.41, 5.74) is 1.63. The Bertz CT molecular complexity index is 1320. The lowest BCUT2D eigenvalue weighted by molar-refractivity contribution is -0.127. The van der Waals surface area contributed by atoms with Crippen LogP contribution in [0.3, 0.4) is 0 Å². The number of likely N-dealkylation sites (tertiary alicyclic amines) is 1. The number of benzene rings is 2. The summed E-state index contributed by atoms with van der Waals surface area (Å²) in [6, 6.07) is 17.5. The van der Waals surface area contributed by atoms with Gasteiger partial charge in [-0.15, -0.1) is 0 Å². The smallest absolute Gasteiger partial charge is 0.246 e. The third-order valence-electron chi connectivity index (χ3n) is 5.89. The third-order valence-corrected chi connectivity index (χ3v) is 6.26. The number of piperidine rings is 1. The van der Waals surface area contributed by atoms with E-state index in [1.54, 1.807) is 18.6 Å². The van der Waals surface area contributed by atoms with Crippen LogP contribution >= 0.6 is 15.9 Å². The fraction of sp³-hybridized carbons (Fsp3) is 0.231. The van der Waals surface area contributed by atoms with Crippen LogP contribution in [-0.2, 0) is 4.79 Å². The molecular weight excluding hydrogens is 508 g/mol. The van der Waals surface area contributed by atoms with Crippen molar-refractivity contribution >= 4 is 44.4 Å². The van der Waals surface area contributed by atoms with E-state index in [2.05, 4.69) is 36.3 Å². The Balaban J connectivity index is 1.31. The zero-order valence-electron chi connectivity index (χ0n) is 19.0. The first-order chi connectivity index (χ1) is 17.2. The number of para-hydroxylation sites is 1. The first-order valence-electron chi connectivity index (χ1n) is 11.5. The Morgan fingerprint density at radius 2 is 1.91 bits per heavy atom. The predicted molar refractivity (Wildman–Crippen MR) is 139 cm³/mol. The van der Waals surface area contributed by atoms with Gasteiger partial charge in [0.2, 0.25) is 5.91 Å². The molecule has 0 unspecified atom stereocenters. The number of fused-ring (bicyclic) bond motifs is 1. The van der Waals surface area contributed by atoms with E-state index in [4.69, 9.17) is 4.74 Å². The molecule has 1 fully saturated rings. The summed E-state index contributed by atoms with van der Waals surface area (Å²) in [5, 5.41) is 9.49. The van der Waals surface area contributed by atoms with Gasteiger partial charge >= 0.3 is 0 Å². The molecule has 1 atom stereocenters. The molecule has 1 saturated heterocycles. The van der Waals surface area contributed by atoms with Gasteiger partial charge in [0.05, 0.1) is 17.6 Å². The molecule has 9 heteroatoms. The van der Waals surface area contributed by atoms with Gasteiger partial charge in [0.1, 0.15) is 23.6 Å². The summed E-state index contributed by atoms with van der Waals surface area (Å²) in [6.07, 6.45) is 8.64. The predicted octanol–water partition coefficient (Wildman–Crippen LogP) is 5.48. The molecule has 0 bridgehead atoms. The number of halogens is 1. The summed E-state index contributed by atoms with van der Waals surface area (Å²) in [6.45, 7) is 1.37. The Hall–Kier alpha value is -3.72. The number of carbonyl (C=O) groups is 1. The average molecular weight is 533 g/mol. The van der Waals surface area contributed by atoms with E-state index in [0.29, 0.717) is 17.7 Å². The minimum atomic E-state index is 0.0299. The van der Waals surface area contributed by atoms with Crippen LogP contribution in [0.4, 0.5) is 11.5 Å². The van der Waals surface area contributed by atoms with Gasteiger partial charge in [-0.25, -0.2) is 14.6 Å². The topological polar surface area (TPSA) is 85.2 Å². The van der Waals surface area contributed by atoms with E-state index < -0.39 is 0 Å². The van der Waals surface area contributed by atoms with Crippen molar-refractivity contribution < 1.29 is 9.53 Å². The largest absolute Gasteiger partial charge is 0.457 e. The van der Waals surface area contributed by atoms with E-state index in [1.165, 1.54) is 0 Å². The van der Waals surface area contributed by atoms with E-state index in [9.17, 15) is 4.79 Å². The molecule has 5 rings (SSSR count). The maximum atomic E-state index is 12.5. The van der Waals surface area contributed by atoms with E-state index >= 15 is 0 Å². The van der Waals surface area contributed by atoms with Gasteiger partial charge in [0, 0.05) is 24.1 Å². The fourth-order valence-corrected chi connectivity index (χ4v) is 4.39. The Morgan fingerprint density at radius 1 is 1.11 bits per heavy atom. The molecule has 1 N–H and O–H groups in total. The number of nitrogens with zero attached hydrogens (tertiary/aromatic N) is 5. The van der Waals surface area contributed by atoms with Gasteiger partial charge in [-0.1, -0.05) is 40.2 Å². The highest BCUT2D eigenvalue weighted by molar-refractivity contribution is 9.09. The molecule has 3 heterocycles. The number of amides is 1. The lowest BCUT2D eigenvalue weighted by Crippen LogP contribution is -2.40. The van der Waals surface area contributed by atoms with Crippen molar-refractivity contribution in [2.45, 2.75) is 18.9 Å². The lowest BCUT2D eigenvalue weighted by Gasteiger charge is -2.32. The number of carbonyl (C=O) groups excluding carboxylic acids is 1. The quantitative estimate of drug-likeness (QED) is 0.250. The molecule has 0 aliphatic carbocycles. The molecule has 0 radical (unpaired) electrons. The van der Waals surface area contributed by atoms with Gasteiger partial charge in [0.15, 0.2) is 5.65 Å². The molecule has 1 aliphatic heterocycles. The number of hydrogen-bond acceptors (Lipinski definition) is 6. The second kappa shape index (κ2) is 10.7. The molecule has 1 aliphatic rings. The Labute approximate surface area is 211 Å². The summed E-state index contributed by atoms with van der Waals surface area (Å²) >= 11 is 3.32. The first-order valence-corrected chi connectivity index (χ1v) is 12.6. The molecule has 4 aromatic rings. The highest BCUT2D eigenvalue weighted by atomic mass is 79.9. The van der Waals surface area contributed by atoms with Gasteiger partial charge in [-0.2, -0.15) is 5.10 Å². The van der Waals surface area contributed by atoms with Gasteiger partial charge in [0.25, 0.3) is 0 Å². The van der Waals surface area contributed by atoms with Crippen LogP contribution in [0.15, 0.2) is 79.3 Å². The molecule has 0 saturated carbocycles. The number of nitrogens with one attached hydrogen (secondary N) is 1. The number of rotatable bonds is 7. The standard InChI is InChI=1S/C26H25BrN6O2/c27-14-4-9-24(34)32-15-5-6-20(17-32)33-26-23(16-30-33)25(28-18-29-26)31-19-10-12-22(13-11-19)35-21-7-2-1-3-8-21/h1-4,7-13,16,18,20H,5-6,14-15,17H2,(H,28,29,31)/b9-4+/t20-/m1/s1. The molecule has 2 aromatic heterocycles. The number of alkyl halides is 1. The van der Waals surface area contributed by atoms with E-state index in [1.807, 2.05) is 70.3 Å². The molecule has 2 aromatic carbocycles. The summed E-state index contributed by atoms with van der Waals surface area (Å²) in [7, 11) is 0.